The van der Waals surface area contributed by atoms with Gasteiger partial charge in [0.05, 0.1) is 17.7 Å². The molecule has 0 unspecified atom stereocenters. The Labute approximate surface area is 193 Å². The van der Waals surface area contributed by atoms with Crippen molar-refractivity contribution in [2.45, 2.75) is 31.6 Å². The first kappa shape index (κ1) is 25.6. The third kappa shape index (κ3) is 6.94. The molecule has 10 heteroatoms. The number of ether oxygens (including phenoxy) is 2. The predicted octanol–water partition coefficient (Wildman–Crippen LogP) is 3.49. The molecule has 0 aliphatic carbocycles. The maximum atomic E-state index is 12.5. The highest BCUT2D eigenvalue weighted by Crippen LogP contribution is 2.27. The summed E-state index contributed by atoms with van der Waals surface area (Å²) in [6.45, 7) is 3.91. The summed E-state index contributed by atoms with van der Waals surface area (Å²) >= 11 is 5.92. The van der Waals surface area contributed by atoms with Gasteiger partial charge >= 0.3 is 5.97 Å². The van der Waals surface area contributed by atoms with Crippen LogP contribution in [0.25, 0.3) is 0 Å². The molecule has 0 aliphatic heterocycles. The van der Waals surface area contributed by atoms with E-state index in [1.54, 1.807) is 38.1 Å². The maximum absolute atomic E-state index is 12.5. The first-order valence-electron chi connectivity index (χ1n) is 10.1. The van der Waals surface area contributed by atoms with Crippen molar-refractivity contribution in [2.75, 3.05) is 32.1 Å². The first-order valence-corrected chi connectivity index (χ1v) is 11.9. The lowest BCUT2D eigenvalue weighted by Gasteiger charge is -2.18. The third-order valence-electron chi connectivity index (χ3n) is 4.68. The molecule has 2 rings (SSSR count). The van der Waals surface area contributed by atoms with Gasteiger partial charge in [-0.3, -0.25) is 9.59 Å². The van der Waals surface area contributed by atoms with Gasteiger partial charge in [-0.15, -0.1) is 0 Å². The molecule has 174 valence electrons. The van der Waals surface area contributed by atoms with E-state index >= 15 is 0 Å². The molecule has 0 heterocycles. The van der Waals surface area contributed by atoms with Crippen molar-refractivity contribution < 1.29 is 27.5 Å². The molecule has 8 nitrogen and oxygen atoms in total. The van der Waals surface area contributed by atoms with Crippen molar-refractivity contribution in [3.8, 4) is 5.75 Å². The lowest BCUT2D eigenvalue weighted by Crippen LogP contribution is -2.30. The Morgan fingerprint density at radius 3 is 2.31 bits per heavy atom. The van der Waals surface area contributed by atoms with Gasteiger partial charge in [0.2, 0.25) is 10.0 Å². The topological polar surface area (TPSA) is 102 Å². The molecule has 0 aliphatic rings. The van der Waals surface area contributed by atoms with E-state index in [0.717, 1.165) is 5.56 Å². The zero-order chi connectivity index (χ0) is 23.7. The summed E-state index contributed by atoms with van der Waals surface area (Å²) in [4.78, 5) is 24.3. The molecule has 0 fully saturated rings. The van der Waals surface area contributed by atoms with E-state index in [-0.39, 0.29) is 11.3 Å². The van der Waals surface area contributed by atoms with Gasteiger partial charge in [-0.2, -0.15) is 4.31 Å². The Balaban J connectivity index is 1.84. The fourth-order valence-electron chi connectivity index (χ4n) is 2.97. The maximum Gasteiger partial charge on any atom is 0.306 e. The number of hydrogen-bond donors (Lipinski definition) is 1. The zero-order valence-electron chi connectivity index (χ0n) is 18.3. The molecule has 2 aromatic carbocycles. The van der Waals surface area contributed by atoms with Crippen LogP contribution in [0.5, 0.6) is 5.75 Å². The minimum atomic E-state index is -3.52. The quantitative estimate of drug-likeness (QED) is 0.492. The average Bonchev–Trinajstić information content (AvgIpc) is 2.77. The Kier molecular flexibility index (Phi) is 9.49. The molecule has 0 spiro atoms. The number of nitrogens with zero attached hydrogens (tertiary/aromatic N) is 1. The van der Waals surface area contributed by atoms with Crippen LogP contribution >= 0.6 is 11.6 Å². The molecule has 0 bridgehead atoms. The summed E-state index contributed by atoms with van der Waals surface area (Å²) in [6.07, 6.45) is 0.407. The number of halogens is 1. The van der Waals surface area contributed by atoms with E-state index in [1.165, 1.54) is 29.6 Å². The van der Waals surface area contributed by atoms with Crippen molar-refractivity contribution in [1.29, 1.82) is 0 Å². The highest BCUT2D eigenvalue weighted by atomic mass is 35.5. The Bertz CT molecular complexity index is 1040. The number of sulfonamides is 1. The molecule has 2 aromatic rings. The summed E-state index contributed by atoms with van der Waals surface area (Å²) in [5.74, 6) is -0.636. The first-order chi connectivity index (χ1) is 15.2. The third-order valence-corrected chi connectivity index (χ3v) is 6.98. The van der Waals surface area contributed by atoms with E-state index in [1.807, 2.05) is 0 Å². The average molecular weight is 483 g/mol. The van der Waals surface area contributed by atoms with Gasteiger partial charge in [-0.25, -0.2) is 8.42 Å². The van der Waals surface area contributed by atoms with Gasteiger partial charge in [0.15, 0.2) is 6.61 Å². The zero-order valence-corrected chi connectivity index (χ0v) is 19.8. The molecule has 0 saturated heterocycles. The highest BCUT2D eigenvalue weighted by Gasteiger charge is 2.21. The standard InChI is InChI=1S/C22H27ClN2O6S/c1-4-25(5-2)32(28,29)18-10-6-16(7-11-18)8-13-22(27)31-15-21(26)24-19-14-17(23)9-12-20(19)30-3/h6-7,9-12,14H,4-5,8,13,15H2,1-3H3,(H,24,26). The summed E-state index contributed by atoms with van der Waals surface area (Å²) in [6, 6.07) is 11.2. The van der Waals surface area contributed by atoms with Crippen molar-refractivity contribution in [3.63, 3.8) is 0 Å². The van der Waals surface area contributed by atoms with Crippen molar-refractivity contribution in [3.05, 3.63) is 53.1 Å². The monoisotopic (exact) mass is 482 g/mol. The van der Waals surface area contributed by atoms with Gasteiger partial charge in [-0.1, -0.05) is 37.6 Å². The number of carbonyl (C=O) groups is 2. The number of methoxy groups -OCH3 is 1. The molecule has 0 radical (unpaired) electrons. The fraction of sp³-hybridized carbons (Fsp3) is 0.364. The predicted molar refractivity (Wildman–Crippen MR) is 122 cm³/mol. The largest absolute Gasteiger partial charge is 0.495 e. The highest BCUT2D eigenvalue weighted by molar-refractivity contribution is 7.89. The van der Waals surface area contributed by atoms with Crippen molar-refractivity contribution >= 4 is 39.2 Å². The molecule has 32 heavy (non-hydrogen) atoms. The van der Waals surface area contributed by atoms with Crippen LogP contribution in [0.3, 0.4) is 0 Å². The Morgan fingerprint density at radius 1 is 1.06 bits per heavy atom. The summed E-state index contributed by atoms with van der Waals surface area (Å²) in [5.41, 5.74) is 1.16. The Hall–Kier alpha value is -2.62. The number of aryl methyl sites for hydroxylation is 1. The molecular weight excluding hydrogens is 456 g/mol. The number of hydrogen-bond acceptors (Lipinski definition) is 6. The van der Waals surface area contributed by atoms with E-state index in [4.69, 9.17) is 21.1 Å². The summed E-state index contributed by atoms with van der Waals surface area (Å²) in [7, 11) is -2.06. The molecule has 0 saturated carbocycles. The van der Waals surface area contributed by atoms with Gasteiger partial charge in [0.1, 0.15) is 5.75 Å². The van der Waals surface area contributed by atoms with E-state index in [9.17, 15) is 18.0 Å². The minimum absolute atomic E-state index is 0.0515. The van der Waals surface area contributed by atoms with Gasteiger partial charge in [-0.05, 0) is 42.3 Å². The van der Waals surface area contributed by atoms with Crippen molar-refractivity contribution in [1.82, 2.24) is 4.31 Å². The number of esters is 1. The smallest absolute Gasteiger partial charge is 0.306 e. The second-order valence-electron chi connectivity index (χ2n) is 6.79. The van der Waals surface area contributed by atoms with Crippen LogP contribution in [0.4, 0.5) is 5.69 Å². The fourth-order valence-corrected chi connectivity index (χ4v) is 4.60. The van der Waals surface area contributed by atoms with E-state index < -0.39 is 28.5 Å². The molecule has 0 aromatic heterocycles. The molecule has 1 N–H and O–H groups in total. The lowest BCUT2D eigenvalue weighted by molar-refractivity contribution is -0.147. The van der Waals surface area contributed by atoms with Crippen LogP contribution in [0.2, 0.25) is 5.02 Å². The lowest BCUT2D eigenvalue weighted by atomic mass is 10.1. The van der Waals surface area contributed by atoms with Gasteiger partial charge < -0.3 is 14.8 Å². The molecule has 1 amide bonds. The van der Waals surface area contributed by atoms with Crippen LogP contribution in [0.15, 0.2) is 47.4 Å². The summed E-state index contributed by atoms with van der Waals surface area (Å²) in [5, 5.41) is 3.01. The number of amides is 1. The van der Waals surface area contributed by atoms with Gasteiger partial charge in [0.25, 0.3) is 5.91 Å². The second kappa shape index (κ2) is 11.8. The molecular formula is C22H27ClN2O6S. The van der Waals surface area contributed by atoms with Crippen molar-refractivity contribution in [2.24, 2.45) is 0 Å². The second-order valence-corrected chi connectivity index (χ2v) is 9.16. The number of nitrogens with one attached hydrogen (secondary N) is 1. The normalized spacial score (nSPS) is 11.3. The van der Waals surface area contributed by atoms with Crippen LogP contribution in [0, 0.1) is 0 Å². The minimum Gasteiger partial charge on any atom is -0.495 e. The van der Waals surface area contributed by atoms with Crippen LogP contribution in [-0.2, 0) is 30.8 Å². The molecule has 0 atom stereocenters. The summed E-state index contributed by atoms with van der Waals surface area (Å²) < 4.78 is 36.6. The number of rotatable bonds is 11. The number of benzene rings is 2. The SMILES string of the molecule is CCN(CC)S(=O)(=O)c1ccc(CCC(=O)OCC(=O)Nc2cc(Cl)ccc2OC)cc1. The van der Waals surface area contributed by atoms with Crippen LogP contribution < -0.4 is 10.1 Å². The van der Waals surface area contributed by atoms with E-state index in [0.29, 0.717) is 36.0 Å². The van der Waals surface area contributed by atoms with E-state index in [2.05, 4.69) is 5.32 Å². The van der Waals surface area contributed by atoms with Gasteiger partial charge in [0, 0.05) is 24.5 Å². The van der Waals surface area contributed by atoms with Crippen LogP contribution in [-0.4, -0.2) is 51.4 Å². The van der Waals surface area contributed by atoms with Crippen LogP contribution in [0.1, 0.15) is 25.8 Å². The number of anilines is 1. The Morgan fingerprint density at radius 2 is 1.72 bits per heavy atom. The number of carbonyl (C=O) groups excluding carboxylic acids is 2.